The van der Waals surface area contributed by atoms with Gasteiger partial charge in [0.1, 0.15) is 0 Å². The van der Waals surface area contributed by atoms with Crippen molar-refractivity contribution in [2.45, 2.75) is 61.3 Å². The molecule has 0 amide bonds. The van der Waals surface area contributed by atoms with E-state index in [4.69, 9.17) is 6.42 Å². The van der Waals surface area contributed by atoms with E-state index >= 15 is 0 Å². The van der Waals surface area contributed by atoms with Gasteiger partial charge in [0.25, 0.3) is 0 Å². The lowest BCUT2D eigenvalue weighted by molar-refractivity contribution is 1.14. The molecule has 1 aromatic carbocycles. The molecule has 0 aromatic heterocycles. The highest BCUT2D eigenvalue weighted by molar-refractivity contribution is 5.17. The van der Waals surface area contributed by atoms with Gasteiger partial charge in [0, 0.05) is 6.42 Å². The molecule has 0 saturated carbocycles. The molecule has 0 atom stereocenters. The highest BCUT2D eigenvalue weighted by atomic mass is 13.9. The van der Waals surface area contributed by atoms with Crippen molar-refractivity contribution in [1.82, 2.24) is 0 Å². The molecule has 0 heterocycles. The van der Waals surface area contributed by atoms with Gasteiger partial charge in [-0.25, -0.2) is 0 Å². The maximum absolute atomic E-state index is 5.05. The summed E-state index contributed by atoms with van der Waals surface area (Å²) in [5, 5.41) is 0. The fourth-order valence-corrected chi connectivity index (χ4v) is 1.26. The molecule has 1 rings (SSSR count). The van der Waals surface area contributed by atoms with E-state index in [0.29, 0.717) is 0 Å². The van der Waals surface area contributed by atoms with Crippen molar-refractivity contribution >= 4 is 0 Å². The molecule has 0 nitrogen and oxygen atoms in total. The molecular weight excluding hydrogens is 252 g/mol. The number of terminal acetylenes is 1. The van der Waals surface area contributed by atoms with Crippen molar-refractivity contribution in [3.8, 4) is 12.3 Å². The molecular formula is C21H34. The topological polar surface area (TPSA) is 0 Å². The van der Waals surface area contributed by atoms with Crippen molar-refractivity contribution in [2.24, 2.45) is 0 Å². The maximum atomic E-state index is 5.05. The Bertz CT molecular complexity index is 374. The summed E-state index contributed by atoms with van der Waals surface area (Å²) >= 11 is 0. The van der Waals surface area contributed by atoms with E-state index in [0.717, 1.165) is 12.8 Å². The first kappa shape index (κ1) is 24.3. The Balaban J connectivity index is -0.000000250. The number of rotatable bonds is 3. The van der Waals surface area contributed by atoms with Gasteiger partial charge in [-0.2, -0.15) is 0 Å². The molecule has 0 fully saturated rings. The summed E-state index contributed by atoms with van der Waals surface area (Å²) in [5.41, 5.74) is 2.64. The molecule has 0 aliphatic carbocycles. The summed E-state index contributed by atoms with van der Waals surface area (Å²) < 4.78 is 0. The van der Waals surface area contributed by atoms with Crippen LogP contribution in [0.1, 0.15) is 60.5 Å². The highest BCUT2D eigenvalue weighted by Crippen LogP contribution is 1.97. The van der Waals surface area contributed by atoms with Gasteiger partial charge in [-0.3, -0.25) is 0 Å². The zero-order valence-corrected chi connectivity index (χ0v) is 15.1. The van der Waals surface area contributed by atoms with Crippen molar-refractivity contribution in [3.63, 3.8) is 0 Å². The summed E-state index contributed by atoms with van der Waals surface area (Å²) in [5.74, 6) is 2.55. The average Bonchev–Trinajstić information content (AvgIpc) is 2.58. The number of allylic oxidation sites excluding steroid dienone is 4. The van der Waals surface area contributed by atoms with Gasteiger partial charge in [0.2, 0.25) is 0 Å². The van der Waals surface area contributed by atoms with Gasteiger partial charge in [0.05, 0.1) is 0 Å². The first-order valence-corrected chi connectivity index (χ1v) is 8.01. The van der Waals surface area contributed by atoms with E-state index in [2.05, 4.69) is 37.1 Å². The van der Waals surface area contributed by atoms with Crippen LogP contribution in [0.25, 0.3) is 0 Å². The van der Waals surface area contributed by atoms with Gasteiger partial charge in [-0.05, 0) is 25.8 Å². The lowest BCUT2D eigenvalue weighted by Gasteiger charge is -1.89. The first-order chi connectivity index (χ1) is 10.2. The normalized spacial score (nSPS) is 9.14. The number of hydrogen-bond acceptors (Lipinski definition) is 0. The fourth-order valence-electron chi connectivity index (χ4n) is 1.26. The molecule has 0 unspecified atom stereocenters. The van der Waals surface area contributed by atoms with Crippen LogP contribution in [0.4, 0.5) is 0 Å². The zero-order valence-electron chi connectivity index (χ0n) is 15.1. The van der Waals surface area contributed by atoms with E-state index in [1.807, 2.05) is 65.8 Å². The van der Waals surface area contributed by atoms with Crippen molar-refractivity contribution in [3.05, 3.63) is 59.7 Å². The van der Waals surface area contributed by atoms with Crippen LogP contribution in [-0.2, 0) is 6.42 Å². The molecule has 1 aromatic rings. The molecule has 0 N–H and O–H groups in total. The van der Waals surface area contributed by atoms with E-state index in [1.54, 1.807) is 0 Å². The highest BCUT2D eigenvalue weighted by Gasteiger charge is 1.80. The minimum absolute atomic E-state index is 0.732. The first-order valence-electron chi connectivity index (χ1n) is 8.01. The second-order valence-corrected chi connectivity index (χ2v) is 3.70. The SMILES string of the molecule is C#CC/C=C(C)\C=C/C.CC.CC.CCc1ccccc1. The quantitative estimate of drug-likeness (QED) is 0.422. The zero-order chi connectivity index (χ0) is 16.9. The standard InChI is InChI=1S/C9H12.C8H10.2C2H6/c1-4-6-8-9(3)7-5-2;1-2-8-6-4-3-5-7-8;2*1-2/h1,5,7-8H,6H2,2-3H3;3-7H,2H2,1H3;2*1-2H3/b7-5-,9-8-;;;. The molecule has 21 heavy (non-hydrogen) atoms. The molecule has 0 radical (unpaired) electrons. The predicted octanol–water partition coefficient (Wildman–Crippen LogP) is 6.83. The van der Waals surface area contributed by atoms with Crippen LogP contribution in [0, 0.1) is 12.3 Å². The molecule has 0 aliphatic heterocycles. The Morgan fingerprint density at radius 1 is 1.10 bits per heavy atom. The van der Waals surface area contributed by atoms with Crippen molar-refractivity contribution in [1.29, 1.82) is 0 Å². The second kappa shape index (κ2) is 23.4. The number of benzene rings is 1. The van der Waals surface area contributed by atoms with Crippen LogP contribution >= 0.6 is 0 Å². The summed E-state index contributed by atoms with van der Waals surface area (Å²) in [4.78, 5) is 0. The average molecular weight is 287 g/mol. The van der Waals surface area contributed by atoms with E-state index < -0.39 is 0 Å². The molecule has 0 saturated heterocycles. The maximum Gasteiger partial charge on any atom is 0.0272 e. The predicted molar refractivity (Wildman–Crippen MR) is 101 cm³/mol. The lowest BCUT2D eigenvalue weighted by Crippen LogP contribution is -1.73. The Morgan fingerprint density at radius 3 is 1.95 bits per heavy atom. The number of hydrogen-bond donors (Lipinski definition) is 0. The third-order valence-corrected chi connectivity index (χ3v) is 2.22. The summed E-state index contributed by atoms with van der Waals surface area (Å²) in [7, 11) is 0. The lowest BCUT2D eigenvalue weighted by atomic mass is 10.2. The van der Waals surface area contributed by atoms with Gasteiger partial charge in [-0.15, -0.1) is 12.3 Å². The smallest absolute Gasteiger partial charge is 0.0272 e. The Labute approximate surface area is 134 Å². The fraction of sp³-hybridized carbons (Fsp3) is 0.429. The van der Waals surface area contributed by atoms with Crippen molar-refractivity contribution < 1.29 is 0 Å². The Hall–Kier alpha value is -1.74. The van der Waals surface area contributed by atoms with Gasteiger partial charge >= 0.3 is 0 Å². The van der Waals surface area contributed by atoms with Crippen LogP contribution in [0.2, 0.25) is 0 Å². The molecule has 0 aliphatic rings. The molecule has 0 spiro atoms. The summed E-state index contributed by atoms with van der Waals surface area (Å²) in [6, 6.07) is 10.5. The summed E-state index contributed by atoms with van der Waals surface area (Å²) in [6.07, 6.45) is 13.0. The summed E-state index contributed by atoms with van der Waals surface area (Å²) in [6.45, 7) is 14.2. The van der Waals surface area contributed by atoms with Gasteiger partial charge < -0.3 is 0 Å². The molecule has 118 valence electrons. The largest absolute Gasteiger partial charge is 0.120 e. The van der Waals surface area contributed by atoms with Crippen molar-refractivity contribution in [2.75, 3.05) is 0 Å². The van der Waals surface area contributed by atoms with Gasteiger partial charge in [0.15, 0.2) is 0 Å². The van der Waals surface area contributed by atoms with Crippen LogP contribution in [0.15, 0.2) is 54.1 Å². The van der Waals surface area contributed by atoms with Gasteiger partial charge in [-0.1, -0.05) is 88.8 Å². The monoisotopic (exact) mass is 286 g/mol. The minimum atomic E-state index is 0.732. The van der Waals surface area contributed by atoms with Crippen LogP contribution in [0.5, 0.6) is 0 Å². The third-order valence-electron chi connectivity index (χ3n) is 2.22. The van der Waals surface area contributed by atoms with Crippen LogP contribution in [-0.4, -0.2) is 0 Å². The number of aryl methyl sites for hydroxylation is 1. The minimum Gasteiger partial charge on any atom is -0.120 e. The molecule has 0 heteroatoms. The third kappa shape index (κ3) is 20.7. The van der Waals surface area contributed by atoms with Crippen LogP contribution < -0.4 is 0 Å². The van der Waals surface area contributed by atoms with E-state index in [-0.39, 0.29) is 0 Å². The second-order valence-electron chi connectivity index (χ2n) is 3.70. The van der Waals surface area contributed by atoms with Crippen LogP contribution in [0.3, 0.4) is 0 Å². The Morgan fingerprint density at radius 2 is 1.62 bits per heavy atom. The molecule has 0 bridgehead atoms. The van der Waals surface area contributed by atoms with E-state index in [9.17, 15) is 0 Å². The van der Waals surface area contributed by atoms with E-state index in [1.165, 1.54) is 11.1 Å². The Kier molecular flexibility index (Phi) is 27.0.